The van der Waals surface area contributed by atoms with Crippen LogP contribution in [0.5, 0.6) is 11.5 Å². The number of ether oxygens (including phenoxy) is 3. The second-order valence-corrected chi connectivity index (χ2v) is 11.8. The Morgan fingerprint density at radius 3 is 2.57 bits per heavy atom. The van der Waals surface area contributed by atoms with E-state index in [4.69, 9.17) is 18.8 Å². The lowest BCUT2D eigenvalue weighted by Crippen LogP contribution is -2.44. The number of esters is 1. The number of benzene rings is 4. The van der Waals surface area contributed by atoms with Crippen LogP contribution in [0.2, 0.25) is 0 Å². The number of hydrogen-bond acceptors (Lipinski definition) is 10. The summed E-state index contributed by atoms with van der Waals surface area (Å²) in [5, 5.41) is 20.1. The van der Waals surface area contributed by atoms with Crippen LogP contribution in [-0.4, -0.2) is 45.8 Å². The summed E-state index contributed by atoms with van der Waals surface area (Å²) in [7, 11) is 1.37. The molecule has 12 heteroatoms. The summed E-state index contributed by atoms with van der Waals surface area (Å²) in [5.74, 6) is 0.153. The lowest BCUT2D eigenvalue weighted by atomic mass is 10.0. The number of likely N-dealkylation sites (tertiary alicyclic amines) is 1. The van der Waals surface area contributed by atoms with Crippen LogP contribution in [0.1, 0.15) is 36.0 Å². The highest BCUT2D eigenvalue weighted by Gasteiger charge is 2.31. The zero-order valence-corrected chi connectivity index (χ0v) is 26.6. The molecule has 0 saturated carbocycles. The van der Waals surface area contributed by atoms with Crippen molar-refractivity contribution in [1.29, 1.82) is 0 Å². The van der Waals surface area contributed by atoms with Gasteiger partial charge in [0.25, 0.3) is 0 Å². The molecule has 5 aromatic rings. The number of nitro groups is 1. The molecule has 0 radical (unpaired) electrons. The van der Waals surface area contributed by atoms with Crippen molar-refractivity contribution >= 4 is 38.6 Å². The monoisotopic (exact) mass is 686 g/mol. The third kappa shape index (κ3) is 6.87. The first-order chi connectivity index (χ1) is 22.4. The normalized spacial score (nSPS) is 15.0. The van der Waals surface area contributed by atoms with E-state index in [1.54, 1.807) is 12.1 Å². The van der Waals surface area contributed by atoms with E-state index in [1.807, 2.05) is 65.6 Å². The van der Waals surface area contributed by atoms with Crippen LogP contribution in [0.3, 0.4) is 0 Å². The number of hydrogen-bond donors (Lipinski definition) is 0. The number of fused-ring (bicyclic) bond motifs is 1. The number of carbonyl (C=O) groups excluding carboxylic acids is 1. The minimum absolute atomic E-state index is 0.0695. The second kappa shape index (κ2) is 14.1. The molecular weight excluding hydrogens is 656 g/mol. The largest absolute Gasteiger partial charge is 0.488 e. The van der Waals surface area contributed by atoms with Gasteiger partial charge >= 0.3 is 11.7 Å². The molecule has 4 aromatic carbocycles. The molecule has 0 unspecified atom stereocenters. The lowest BCUT2D eigenvalue weighted by molar-refractivity contribution is -0.386. The molecule has 1 atom stereocenters. The van der Waals surface area contributed by atoms with Gasteiger partial charge in [-0.2, -0.15) is 0 Å². The molecule has 1 aliphatic rings. The molecule has 0 spiro atoms. The average Bonchev–Trinajstić information content (AvgIpc) is 3.56. The highest BCUT2D eigenvalue weighted by Crippen LogP contribution is 2.38. The van der Waals surface area contributed by atoms with Crippen LogP contribution in [0.4, 0.5) is 5.69 Å². The summed E-state index contributed by atoms with van der Waals surface area (Å²) in [6.07, 6.45) is 2.44. The number of carbonyl (C=O) groups is 1. The first-order valence-corrected chi connectivity index (χ1v) is 15.6. The number of halogens is 1. The zero-order chi connectivity index (χ0) is 32.0. The summed E-state index contributed by atoms with van der Waals surface area (Å²) in [4.78, 5) is 26.5. The fourth-order valence-corrected chi connectivity index (χ4v) is 6.28. The Morgan fingerprint density at radius 1 is 0.957 bits per heavy atom. The summed E-state index contributed by atoms with van der Waals surface area (Å²) < 4.78 is 23.2. The molecule has 0 amide bonds. The molecule has 46 heavy (non-hydrogen) atoms. The summed E-state index contributed by atoms with van der Waals surface area (Å²) in [6.45, 7) is 1.13. The van der Waals surface area contributed by atoms with Gasteiger partial charge in [0.05, 0.1) is 12.0 Å². The molecule has 11 nitrogen and oxygen atoms in total. The number of methoxy groups -OCH3 is 1. The number of rotatable bonds is 11. The standard InChI is InChI=1S/C34H31BrN4O7/c1-43-34(40)29-12-5-6-15-38(29)19-25-17-30(39(41)42)32(18-31(25)44-20-22-13-14-27-28(16-22)37-46-36-27)45-21-24-10-7-11-26(33(24)35)23-8-3-2-4-9-23/h2-4,7-11,13-14,16-18,29H,5-6,12,15,19-21H2,1H3/t29-/m0/s1. The second-order valence-electron chi connectivity index (χ2n) is 11.0. The van der Waals surface area contributed by atoms with E-state index in [0.29, 0.717) is 35.3 Å². The first kappa shape index (κ1) is 31.2. The van der Waals surface area contributed by atoms with E-state index in [2.05, 4.69) is 26.2 Å². The van der Waals surface area contributed by atoms with E-state index in [1.165, 1.54) is 13.2 Å². The number of aromatic nitrogens is 2. The van der Waals surface area contributed by atoms with Gasteiger partial charge in [0.2, 0.25) is 5.75 Å². The van der Waals surface area contributed by atoms with E-state index >= 15 is 0 Å². The number of nitrogens with zero attached hydrogens (tertiary/aromatic N) is 4. The van der Waals surface area contributed by atoms with Crippen LogP contribution in [0.15, 0.2) is 88.0 Å². The quantitative estimate of drug-likeness (QED) is 0.0796. The van der Waals surface area contributed by atoms with Crippen LogP contribution < -0.4 is 9.47 Å². The summed E-state index contributed by atoms with van der Waals surface area (Å²) in [6, 6.07) is 23.8. The van der Waals surface area contributed by atoms with Crippen molar-refractivity contribution in [3.05, 3.63) is 110 Å². The maximum Gasteiger partial charge on any atom is 0.323 e. The lowest BCUT2D eigenvalue weighted by Gasteiger charge is -2.34. The van der Waals surface area contributed by atoms with Gasteiger partial charge in [0, 0.05) is 34.3 Å². The zero-order valence-electron chi connectivity index (χ0n) is 25.1. The fourth-order valence-electron chi connectivity index (χ4n) is 5.68. The predicted octanol–water partition coefficient (Wildman–Crippen LogP) is 7.25. The van der Waals surface area contributed by atoms with Gasteiger partial charge in [0.15, 0.2) is 0 Å². The van der Waals surface area contributed by atoms with Crippen molar-refractivity contribution in [1.82, 2.24) is 15.2 Å². The fraction of sp³-hybridized carbons (Fsp3) is 0.265. The average molecular weight is 688 g/mol. The van der Waals surface area contributed by atoms with Crippen LogP contribution in [-0.2, 0) is 29.3 Å². The van der Waals surface area contributed by atoms with Crippen LogP contribution in [0, 0.1) is 10.1 Å². The molecule has 1 aliphatic heterocycles. The molecule has 0 bridgehead atoms. The van der Waals surface area contributed by atoms with Crippen molar-refractivity contribution < 1.29 is 28.6 Å². The Bertz CT molecular complexity index is 1860. The van der Waals surface area contributed by atoms with Gasteiger partial charge in [-0.05, 0) is 74.5 Å². The minimum Gasteiger partial charge on any atom is -0.488 e. The van der Waals surface area contributed by atoms with E-state index < -0.39 is 11.0 Å². The third-order valence-electron chi connectivity index (χ3n) is 8.06. The van der Waals surface area contributed by atoms with Crippen LogP contribution >= 0.6 is 15.9 Å². The Labute approximate surface area is 273 Å². The van der Waals surface area contributed by atoms with Crippen molar-refractivity contribution in [2.75, 3.05) is 13.7 Å². The maximum atomic E-state index is 12.6. The van der Waals surface area contributed by atoms with Gasteiger partial charge in [-0.25, -0.2) is 4.63 Å². The Hall–Kier alpha value is -4.81. The van der Waals surface area contributed by atoms with E-state index in [-0.39, 0.29) is 37.2 Å². The number of piperidine rings is 1. The third-order valence-corrected chi connectivity index (χ3v) is 8.99. The van der Waals surface area contributed by atoms with Gasteiger partial charge in [0.1, 0.15) is 36.0 Å². The van der Waals surface area contributed by atoms with Crippen molar-refractivity contribution in [3.63, 3.8) is 0 Å². The van der Waals surface area contributed by atoms with Gasteiger partial charge in [-0.3, -0.25) is 19.8 Å². The van der Waals surface area contributed by atoms with E-state index in [9.17, 15) is 14.9 Å². The van der Waals surface area contributed by atoms with Crippen molar-refractivity contribution in [3.8, 4) is 22.6 Å². The molecular formula is C34H31BrN4O7. The smallest absolute Gasteiger partial charge is 0.323 e. The maximum absolute atomic E-state index is 12.6. The highest BCUT2D eigenvalue weighted by molar-refractivity contribution is 9.10. The first-order valence-electron chi connectivity index (χ1n) is 14.8. The van der Waals surface area contributed by atoms with Gasteiger partial charge in [-0.15, -0.1) is 0 Å². The molecule has 1 aromatic heterocycles. The molecule has 0 N–H and O–H groups in total. The summed E-state index contributed by atoms with van der Waals surface area (Å²) >= 11 is 3.71. The van der Waals surface area contributed by atoms with Crippen molar-refractivity contribution in [2.24, 2.45) is 0 Å². The molecule has 236 valence electrons. The minimum atomic E-state index is -0.461. The Balaban J connectivity index is 1.32. The van der Waals surface area contributed by atoms with Crippen LogP contribution in [0.25, 0.3) is 22.2 Å². The molecule has 6 rings (SSSR count). The number of nitro benzene ring substituents is 1. The Morgan fingerprint density at radius 2 is 1.76 bits per heavy atom. The van der Waals surface area contributed by atoms with Gasteiger partial charge < -0.3 is 14.2 Å². The van der Waals surface area contributed by atoms with E-state index in [0.717, 1.165) is 39.6 Å². The van der Waals surface area contributed by atoms with Gasteiger partial charge in [-0.1, -0.05) is 61.0 Å². The highest BCUT2D eigenvalue weighted by atomic mass is 79.9. The molecule has 2 heterocycles. The molecule has 1 fully saturated rings. The summed E-state index contributed by atoms with van der Waals surface area (Å²) in [5.41, 5.74) is 5.23. The molecule has 1 saturated heterocycles. The topological polar surface area (TPSA) is 130 Å². The van der Waals surface area contributed by atoms with Crippen molar-refractivity contribution in [2.45, 2.75) is 45.1 Å². The predicted molar refractivity (Wildman–Crippen MR) is 173 cm³/mol. The Kier molecular flexibility index (Phi) is 9.55. The molecule has 0 aliphatic carbocycles. The SMILES string of the molecule is COC(=O)[C@@H]1CCCCN1Cc1cc([N+](=O)[O-])c(OCc2cccc(-c3ccccc3)c2Br)cc1OCc1ccc2nonc2c1.